The monoisotopic (exact) mass is 504 g/mol. The first-order valence-corrected chi connectivity index (χ1v) is 13.5. The molecule has 186 valence electrons. The van der Waals surface area contributed by atoms with Crippen LogP contribution in [0.4, 0.5) is 0 Å². The van der Waals surface area contributed by atoms with E-state index in [1.54, 1.807) is 90.7 Å². The highest BCUT2D eigenvalue weighted by atomic mass is 31.2. The van der Waals surface area contributed by atoms with Gasteiger partial charge in [-0.1, -0.05) is 66.7 Å². The molecule has 0 bridgehead atoms. The first kappa shape index (κ1) is 25.6. The molecule has 3 aromatic carbocycles. The number of hydrogen-bond acceptors (Lipinski definition) is 5. The van der Waals surface area contributed by atoms with Crippen molar-refractivity contribution in [3.8, 4) is 0 Å². The topological polar surface area (TPSA) is 84.9 Å². The highest BCUT2D eigenvalue weighted by molar-refractivity contribution is 7.77. The van der Waals surface area contributed by atoms with E-state index in [1.807, 2.05) is 12.1 Å². The summed E-state index contributed by atoms with van der Waals surface area (Å²) in [5.74, 6) is -0.908. The van der Waals surface area contributed by atoms with Gasteiger partial charge in [0.1, 0.15) is 5.70 Å². The van der Waals surface area contributed by atoms with E-state index in [2.05, 4.69) is 5.32 Å². The van der Waals surface area contributed by atoms with Crippen LogP contribution >= 0.6 is 7.37 Å². The summed E-state index contributed by atoms with van der Waals surface area (Å²) in [7, 11) is -3.83. The fourth-order valence-electron chi connectivity index (χ4n) is 4.05. The lowest BCUT2D eigenvalue weighted by atomic mass is 10.1. The minimum Gasteiger partial charge on any atom is -0.378 e. The number of ether oxygens (including phenoxy) is 1. The van der Waals surface area contributed by atoms with Crippen LogP contribution in [0.2, 0.25) is 0 Å². The maximum absolute atomic E-state index is 14.8. The Morgan fingerprint density at radius 1 is 0.861 bits per heavy atom. The van der Waals surface area contributed by atoms with Gasteiger partial charge in [-0.25, -0.2) is 0 Å². The maximum Gasteiger partial charge on any atom is 0.271 e. The summed E-state index contributed by atoms with van der Waals surface area (Å²) in [4.78, 5) is 28.9. The third-order valence-electron chi connectivity index (χ3n) is 5.77. The van der Waals surface area contributed by atoms with Crippen molar-refractivity contribution in [2.45, 2.75) is 6.92 Å². The van der Waals surface area contributed by atoms with E-state index >= 15 is 0 Å². The number of rotatable bonds is 8. The standard InChI is InChI=1S/C28H29N2O5P/c1-2-35-36(33,24-16-10-5-11-17-24)26(22-12-6-3-7-13-22)25(28(32)30-18-20-34-21-19-30)29-27(31)23-14-8-4-9-15-23/h3-17H,2,18-21H2,1H3,(H,29,31)/b26-25-. The molecule has 3 aromatic rings. The van der Waals surface area contributed by atoms with E-state index in [0.29, 0.717) is 42.7 Å². The van der Waals surface area contributed by atoms with Gasteiger partial charge in [0, 0.05) is 24.0 Å². The van der Waals surface area contributed by atoms with Crippen molar-refractivity contribution in [2.24, 2.45) is 0 Å². The van der Waals surface area contributed by atoms with Crippen molar-refractivity contribution >= 4 is 29.8 Å². The molecule has 0 aliphatic carbocycles. The van der Waals surface area contributed by atoms with Crippen molar-refractivity contribution in [3.63, 3.8) is 0 Å². The summed E-state index contributed by atoms with van der Waals surface area (Å²) in [5.41, 5.74) is 0.851. The first-order valence-electron chi connectivity index (χ1n) is 11.9. The second-order valence-electron chi connectivity index (χ2n) is 8.12. The highest BCUT2D eigenvalue weighted by Crippen LogP contribution is 2.59. The molecular formula is C28H29N2O5P. The summed E-state index contributed by atoms with van der Waals surface area (Å²) in [6.07, 6.45) is 0. The van der Waals surface area contributed by atoms with Crippen LogP contribution in [0.25, 0.3) is 5.31 Å². The number of morpholine rings is 1. The number of carbonyl (C=O) groups excluding carboxylic acids is 2. The highest BCUT2D eigenvalue weighted by Gasteiger charge is 2.38. The molecule has 1 saturated heterocycles. The molecular weight excluding hydrogens is 475 g/mol. The van der Waals surface area contributed by atoms with Crippen LogP contribution in [0.1, 0.15) is 22.8 Å². The Morgan fingerprint density at radius 2 is 1.39 bits per heavy atom. The fourth-order valence-corrected chi connectivity index (χ4v) is 6.45. The number of nitrogens with one attached hydrogen (secondary N) is 1. The van der Waals surface area contributed by atoms with Gasteiger partial charge >= 0.3 is 0 Å². The molecule has 4 rings (SSSR count). The zero-order valence-electron chi connectivity index (χ0n) is 20.1. The zero-order chi connectivity index (χ0) is 25.4. The molecule has 1 atom stereocenters. The van der Waals surface area contributed by atoms with Crippen molar-refractivity contribution in [3.05, 3.63) is 108 Å². The average Bonchev–Trinajstić information content (AvgIpc) is 2.94. The summed E-state index contributed by atoms with van der Waals surface area (Å²) in [5, 5.41) is 3.42. The predicted molar refractivity (Wildman–Crippen MR) is 140 cm³/mol. The molecule has 36 heavy (non-hydrogen) atoms. The Morgan fingerprint density at radius 3 is 1.94 bits per heavy atom. The largest absolute Gasteiger partial charge is 0.378 e. The molecule has 0 radical (unpaired) electrons. The molecule has 1 heterocycles. The Hall–Kier alpha value is -3.51. The first-order chi connectivity index (χ1) is 17.5. The molecule has 1 aliphatic heterocycles. The lowest BCUT2D eigenvalue weighted by molar-refractivity contribution is -0.131. The Kier molecular flexibility index (Phi) is 8.49. The van der Waals surface area contributed by atoms with Crippen LogP contribution in [0, 0.1) is 0 Å². The van der Waals surface area contributed by atoms with Crippen LogP contribution in [0.15, 0.2) is 96.7 Å². The third kappa shape index (κ3) is 5.65. The second kappa shape index (κ2) is 12.0. The van der Waals surface area contributed by atoms with E-state index in [1.165, 1.54) is 0 Å². The van der Waals surface area contributed by atoms with E-state index in [0.717, 1.165) is 0 Å². The smallest absolute Gasteiger partial charge is 0.271 e. The van der Waals surface area contributed by atoms with E-state index in [9.17, 15) is 14.2 Å². The van der Waals surface area contributed by atoms with Gasteiger partial charge in [-0.05, 0) is 36.8 Å². The normalized spacial score (nSPS) is 16.0. The van der Waals surface area contributed by atoms with Gasteiger partial charge in [0.15, 0.2) is 0 Å². The number of carbonyl (C=O) groups is 2. The lowest BCUT2D eigenvalue weighted by Crippen LogP contribution is -2.45. The van der Waals surface area contributed by atoms with Crippen molar-refractivity contribution < 1.29 is 23.4 Å². The Balaban J connectivity index is 1.97. The quantitative estimate of drug-likeness (QED) is 0.366. The van der Waals surface area contributed by atoms with E-state index in [4.69, 9.17) is 9.26 Å². The van der Waals surface area contributed by atoms with Gasteiger partial charge in [0.2, 0.25) is 0 Å². The molecule has 7 nitrogen and oxygen atoms in total. The summed E-state index contributed by atoms with van der Waals surface area (Å²) in [6, 6.07) is 26.4. The van der Waals surface area contributed by atoms with Crippen LogP contribution in [-0.4, -0.2) is 49.6 Å². The molecule has 1 N–H and O–H groups in total. The Bertz CT molecular complexity index is 1260. The molecule has 0 spiro atoms. The molecule has 1 unspecified atom stereocenters. The SMILES string of the molecule is CCOP(=O)(/C(=C(\NC(=O)c1ccccc1)C(=O)N1CCOCC1)c1ccccc1)c1ccccc1. The van der Waals surface area contributed by atoms with E-state index in [-0.39, 0.29) is 17.6 Å². The van der Waals surface area contributed by atoms with Crippen molar-refractivity contribution in [1.29, 1.82) is 0 Å². The zero-order valence-corrected chi connectivity index (χ0v) is 21.0. The van der Waals surface area contributed by atoms with Crippen LogP contribution in [0.5, 0.6) is 0 Å². The fraction of sp³-hybridized carbons (Fsp3) is 0.214. The van der Waals surface area contributed by atoms with Gasteiger partial charge in [-0.3, -0.25) is 14.2 Å². The number of hydrogen-bond donors (Lipinski definition) is 1. The lowest BCUT2D eigenvalue weighted by Gasteiger charge is -2.30. The maximum atomic E-state index is 14.8. The number of amides is 2. The molecule has 1 aliphatic rings. The molecule has 1 fully saturated rings. The van der Waals surface area contributed by atoms with E-state index < -0.39 is 19.2 Å². The summed E-state index contributed by atoms with van der Waals surface area (Å²) >= 11 is 0. The van der Waals surface area contributed by atoms with Gasteiger partial charge in [0.05, 0.1) is 25.1 Å². The minimum absolute atomic E-state index is 0.0578. The number of benzene rings is 3. The van der Waals surface area contributed by atoms with Gasteiger partial charge in [-0.15, -0.1) is 0 Å². The van der Waals surface area contributed by atoms with Crippen LogP contribution in [-0.2, 0) is 18.6 Å². The molecule has 0 saturated carbocycles. The summed E-state index contributed by atoms with van der Waals surface area (Å²) in [6.45, 7) is 3.38. The Labute approximate surface area is 211 Å². The van der Waals surface area contributed by atoms with Crippen LogP contribution < -0.4 is 10.6 Å². The van der Waals surface area contributed by atoms with Crippen molar-refractivity contribution in [1.82, 2.24) is 10.2 Å². The average molecular weight is 505 g/mol. The summed E-state index contributed by atoms with van der Waals surface area (Å²) < 4.78 is 26.2. The second-order valence-corrected chi connectivity index (χ2v) is 10.4. The molecule has 2 amide bonds. The third-order valence-corrected chi connectivity index (χ3v) is 8.44. The minimum atomic E-state index is -3.83. The predicted octanol–water partition coefficient (Wildman–Crippen LogP) is 4.28. The number of nitrogens with zero attached hydrogens (tertiary/aromatic N) is 1. The van der Waals surface area contributed by atoms with Gasteiger partial charge in [0.25, 0.3) is 19.2 Å². The van der Waals surface area contributed by atoms with Crippen molar-refractivity contribution in [2.75, 3.05) is 32.9 Å². The van der Waals surface area contributed by atoms with Gasteiger partial charge in [-0.2, -0.15) is 0 Å². The molecule has 8 heteroatoms. The molecule has 0 aromatic heterocycles. The van der Waals surface area contributed by atoms with Gasteiger partial charge < -0.3 is 19.5 Å². The van der Waals surface area contributed by atoms with Crippen LogP contribution in [0.3, 0.4) is 0 Å².